The number of aromatic nitrogens is 2. The van der Waals surface area contributed by atoms with Gasteiger partial charge in [-0.2, -0.15) is 0 Å². The summed E-state index contributed by atoms with van der Waals surface area (Å²) in [6, 6.07) is 9.40. The number of piperazine rings is 1. The van der Waals surface area contributed by atoms with Crippen LogP contribution < -0.4 is 14.8 Å². The average Bonchev–Trinajstić information content (AvgIpc) is 3.28. The van der Waals surface area contributed by atoms with Crippen LogP contribution in [0, 0.1) is 0 Å². The van der Waals surface area contributed by atoms with Crippen molar-refractivity contribution in [1.29, 1.82) is 0 Å². The Labute approximate surface area is 211 Å². The Morgan fingerprint density at radius 3 is 2.43 bits per heavy atom. The fourth-order valence-electron chi connectivity index (χ4n) is 4.12. The average molecular weight is 516 g/mol. The van der Waals surface area contributed by atoms with Crippen molar-refractivity contribution in [2.24, 2.45) is 5.14 Å². The van der Waals surface area contributed by atoms with Gasteiger partial charge in [0.15, 0.2) is 0 Å². The van der Waals surface area contributed by atoms with Crippen LogP contribution in [-0.4, -0.2) is 61.6 Å². The Morgan fingerprint density at radius 1 is 1.09 bits per heavy atom. The van der Waals surface area contributed by atoms with Gasteiger partial charge in [-0.1, -0.05) is 0 Å². The van der Waals surface area contributed by atoms with Crippen LogP contribution in [0.5, 0.6) is 5.75 Å². The third-order valence-electron chi connectivity index (χ3n) is 6.03. The number of hydrogen-bond acceptors (Lipinski definition) is 8. The number of hydrogen-bond donors (Lipinski definition) is 1. The van der Waals surface area contributed by atoms with Crippen molar-refractivity contribution in [2.45, 2.75) is 51.2 Å². The Bertz CT molecular complexity index is 1250. The maximum atomic E-state index is 11.9. The number of ether oxygens (including phenoxy) is 1. The van der Waals surface area contributed by atoms with Crippen molar-refractivity contribution >= 4 is 27.2 Å². The summed E-state index contributed by atoms with van der Waals surface area (Å²) in [5.41, 5.74) is 2.54. The summed E-state index contributed by atoms with van der Waals surface area (Å²) in [7, 11) is -3.81. The molecule has 1 fully saturated rings. The van der Waals surface area contributed by atoms with Gasteiger partial charge in [0.2, 0.25) is 10.0 Å². The zero-order valence-electron chi connectivity index (χ0n) is 20.6. The maximum absolute atomic E-state index is 11.9. The number of sulfonamides is 1. The van der Waals surface area contributed by atoms with Crippen molar-refractivity contribution in [3.05, 3.63) is 52.5 Å². The van der Waals surface area contributed by atoms with E-state index < -0.39 is 10.0 Å². The van der Waals surface area contributed by atoms with Gasteiger partial charge in [0.05, 0.1) is 21.7 Å². The molecule has 10 heteroatoms. The molecule has 2 aromatic heterocycles. The predicted octanol–water partition coefficient (Wildman–Crippen LogP) is 3.76. The molecule has 1 aliphatic heterocycles. The van der Waals surface area contributed by atoms with E-state index in [1.807, 2.05) is 25.4 Å². The van der Waals surface area contributed by atoms with E-state index in [0.29, 0.717) is 18.2 Å². The van der Waals surface area contributed by atoms with E-state index in [4.69, 9.17) is 19.8 Å². The van der Waals surface area contributed by atoms with Gasteiger partial charge in [-0.25, -0.2) is 23.5 Å². The van der Waals surface area contributed by atoms with Gasteiger partial charge in [0.25, 0.3) is 0 Å². The number of benzene rings is 1. The second-order valence-electron chi connectivity index (χ2n) is 9.31. The lowest BCUT2D eigenvalue weighted by molar-refractivity contribution is 0.209. The van der Waals surface area contributed by atoms with E-state index >= 15 is 0 Å². The molecule has 35 heavy (non-hydrogen) atoms. The third kappa shape index (κ3) is 6.38. The van der Waals surface area contributed by atoms with Gasteiger partial charge in [0.1, 0.15) is 11.6 Å². The number of pyridine rings is 1. The second kappa shape index (κ2) is 10.6. The van der Waals surface area contributed by atoms with E-state index in [1.54, 1.807) is 12.1 Å². The SMILES string of the molecule is CC(C)Oc1ccc(S(N)(=O)=O)cc1Cc1nc(-c2ccc(N3CCN(C(C)C)CC3)nc2)cs1. The fraction of sp³-hybridized carbons (Fsp3) is 0.440. The lowest BCUT2D eigenvalue weighted by atomic mass is 10.1. The molecule has 0 amide bonds. The number of anilines is 1. The molecule has 1 aromatic carbocycles. The predicted molar refractivity (Wildman–Crippen MR) is 141 cm³/mol. The first-order chi connectivity index (χ1) is 16.6. The number of nitrogens with two attached hydrogens (primary N) is 1. The van der Waals surface area contributed by atoms with Gasteiger partial charge in [-0.15, -0.1) is 11.3 Å². The highest BCUT2D eigenvalue weighted by Gasteiger charge is 2.20. The molecule has 0 atom stereocenters. The quantitative estimate of drug-likeness (QED) is 0.487. The first-order valence-electron chi connectivity index (χ1n) is 11.8. The van der Waals surface area contributed by atoms with Crippen molar-refractivity contribution in [1.82, 2.24) is 14.9 Å². The normalized spacial score (nSPS) is 15.2. The number of nitrogens with zero attached hydrogens (tertiary/aromatic N) is 4. The third-order valence-corrected chi connectivity index (χ3v) is 7.79. The number of primary sulfonamides is 1. The molecular formula is C25H33N5O3S2. The van der Waals surface area contributed by atoms with Crippen LogP contribution >= 0.6 is 11.3 Å². The summed E-state index contributed by atoms with van der Waals surface area (Å²) in [6.07, 6.45) is 2.28. The minimum absolute atomic E-state index is 0.0427. The van der Waals surface area contributed by atoms with Gasteiger partial charge >= 0.3 is 0 Å². The highest BCUT2D eigenvalue weighted by Crippen LogP contribution is 2.29. The van der Waals surface area contributed by atoms with Crippen LogP contribution in [0.3, 0.4) is 0 Å². The van der Waals surface area contributed by atoms with Crippen molar-refractivity contribution in [3.8, 4) is 17.0 Å². The van der Waals surface area contributed by atoms with Gasteiger partial charge in [0, 0.05) is 61.3 Å². The molecule has 2 N–H and O–H groups in total. The molecule has 0 unspecified atom stereocenters. The molecule has 0 spiro atoms. The van der Waals surface area contributed by atoms with Gasteiger partial charge in [-0.3, -0.25) is 4.90 Å². The molecular weight excluding hydrogens is 482 g/mol. The highest BCUT2D eigenvalue weighted by atomic mass is 32.2. The lowest BCUT2D eigenvalue weighted by Crippen LogP contribution is -2.49. The topological polar surface area (TPSA) is 102 Å². The molecule has 0 radical (unpaired) electrons. The van der Waals surface area contributed by atoms with Crippen molar-refractivity contribution < 1.29 is 13.2 Å². The first kappa shape index (κ1) is 25.6. The highest BCUT2D eigenvalue weighted by molar-refractivity contribution is 7.89. The minimum Gasteiger partial charge on any atom is -0.491 e. The van der Waals surface area contributed by atoms with Crippen LogP contribution in [0.15, 0.2) is 46.8 Å². The smallest absolute Gasteiger partial charge is 0.238 e. The molecule has 0 saturated carbocycles. The molecule has 1 saturated heterocycles. The van der Waals surface area contributed by atoms with E-state index in [-0.39, 0.29) is 11.0 Å². The molecule has 0 bridgehead atoms. The van der Waals surface area contributed by atoms with Crippen LogP contribution in [0.2, 0.25) is 0 Å². The molecule has 3 aromatic rings. The second-order valence-corrected chi connectivity index (χ2v) is 11.8. The van der Waals surface area contributed by atoms with Gasteiger partial charge < -0.3 is 9.64 Å². The monoisotopic (exact) mass is 515 g/mol. The maximum Gasteiger partial charge on any atom is 0.238 e. The first-order valence-corrected chi connectivity index (χ1v) is 14.2. The van der Waals surface area contributed by atoms with Crippen LogP contribution in [0.25, 0.3) is 11.3 Å². The van der Waals surface area contributed by atoms with Gasteiger partial charge in [-0.05, 0) is 58.0 Å². The van der Waals surface area contributed by atoms with Crippen LogP contribution in [0.4, 0.5) is 5.82 Å². The molecule has 4 rings (SSSR count). The standard InChI is InChI=1S/C25H33N5O3S2/c1-17(2)29-9-11-30(12-10-29)24-8-5-19(15-27-24)22-16-34-25(28-22)14-20-13-21(35(26,31)32)6-7-23(20)33-18(3)4/h5-8,13,15-18H,9-12,14H2,1-4H3,(H2,26,31,32). The Hall–Kier alpha value is -2.53. The molecule has 188 valence electrons. The minimum atomic E-state index is -3.81. The summed E-state index contributed by atoms with van der Waals surface area (Å²) in [5.74, 6) is 1.62. The van der Waals surface area contributed by atoms with Crippen molar-refractivity contribution in [3.63, 3.8) is 0 Å². The number of rotatable bonds is 8. The van der Waals surface area contributed by atoms with E-state index in [0.717, 1.165) is 53.8 Å². The molecule has 0 aliphatic carbocycles. The zero-order chi connectivity index (χ0) is 25.2. The summed E-state index contributed by atoms with van der Waals surface area (Å²) in [6.45, 7) is 12.4. The number of thiazole rings is 1. The molecule has 8 nitrogen and oxygen atoms in total. The summed E-state index contributed by atoms with van der Waals surface area (Å²) in [4.78, 5) is 14.4. The Morgan fingerprint density at radius 2 is 1.83 bits per heavy atom. The summed E-state index contributed by atoms with van der Waals surface area (Å²) < 4.78 is 29.6. The lowest BCUT2D eigenvalue weighted by Gasteiger charge is -2.37. The van der Waals surface area contributed by atoms with Crippen LogP contribution in [0.1, 0.15) is 38.3 Å². The largest absolute Gasteiger partial charge is 0.491 e. The fourth-order valence-corrected chi connectivity index (χ4v) is 5.51. The van der Waals surface area contributed by atoms with E-state index in [2.05, 4.69) is 35.8 Å². The Balaban J connectivity index is 1.49. The Kier molecular flexibility index (Phi) is 7.75. The summed E-state index contributed by atoms with van der Waals surface area (Å²) in [5, 5.41) is 8.20. The van der Waals surface area contributed by atoms with Crippen molar-refractivity contribution in [2.75, 3.05) is 31.1 Å². The van der Waals surface area contributed by atoms with E-state index in [9.17, 15) is 8.42 Å². The zero-order valence-corrected chi connectivity index (χ0v) is 22.3. The molecule has 3 heterocycles. The van der Waals surface area contributed by atoms with E-state index in [1.165, 1.54) is 17.4 Å². The summed E-state index contributed by atoms with van der Waals surface area (Å²) >= 11 is 1.52. The van der Waals surface area contributed by atoms with Crippen LogP contribution in [-0.2, 0) is 16.4 Å². The molecule has 1 aliphatic rings.